The zero-order valence-electron chi connectivity index (χ0n) is 13.0. The van der Waals surface area contributed by atoms with E-state index >= 15 is 0 Å². The van der Waals surface area contributed by atoms with Crippen LogP contribution >= 0.6 is 15.9 Å². The molecule has 2 heterocycles. The summed E-state index contributed by atoms with van der Waals surface area (Å²) >= 11 is 3.50. The summed E-state index contributed by atoms with van der Waals surface area (Å²) in [5.41, 5.74) is 3.60. The second-order valence-electron chi connectivity index (χ2n) is 5.46. The number of nitrogens with zero attached hydrogens (tertiary/aromatic N) is 2. The lowest BCUT2D eigenvalue weighted by Gasteiger charge is -2.22. The van der Waals surface area contributed by atoms with Crippen molar-refractivity contribution in [3.05, 3.63) is 51.8 Å². The van der Waals surface area contributed by atoms with Crippen LogP contribution in [0.4, 0.5) is 0 Å². The van der Waals surface area contributed by atoms with Crippen LogP contribution in [0.1, 0.15) is 29.8 Å². The van der Waals surface area contributed by atoms with Gasteiger partial charge in [-0.1, -0.05) is 6.07 Å². The fraction of sp³-hybridized carbons (Fsp3) is 0.353. The van der Waals surface area contributed by atoms with Gasteiger partial charge in [0.1, 0.15) is 11.5 Å². The van der Waals surface area contributed by atoms with Crippen LogP contribution in [0.5, 0.6) is 11.5 Å². The van der Waals surface area contributed by atoms with Crippen LogP contribution in [0, 0.1) is 0 Å². The molecule has 4 nitrogen and oxygen atoms in total. The van der Waals surface area contributed by atoms with E-state index in [1.165, 1.54) is 5.56 Å². The standard InChI is InChI=1S/C17H19BrN2O2/c1-11-17-13(6-14(18)8-19-17)10-20(11)9-12-4-5-15(21-2)7-16(12)22-3/h4-8,11H,9-10H2,1-3H3. The van der Waals surface area contributed by atoms with Gasteiger partial charge in [-0.25, -0.2) is 0 Å². The molecule has 22 heavy (non-hydrogen) atoms. The molecule has 0 N–H and O–H groups in total. The summed E-state index contributed by atoms with van der Waals surface area (Å²) in [7, 11) is 3.36. The average molecular weight is 363 g/mol. The van der Waals surface area contributed by atoms with E-state index in [9.17, 15) is 0 Å². The Morgan fingerprint density at radius 3 is 2.82 bits per heavy atom. The van der Waals surface area contributed by atoms with Crippen molar-refractivity contribution >= 4 is 15.9 Å². The predicted octanol–water partition coefficient (Wildman–Crippen LogP) is 3.94. The summed E-state index contributed by atoms with van der Waals surface area (Å²) in [5, 5.41) is 0. The molecule has 2 aromatic rings. The van der Waals surface area contributed by atoms with Crippen molar-refractivity contribution in [2.24, 2.45) is 0 Å². The molecule has 1 aliphatic rings. The number of rotatable bonds is 4. The van der Waals surface area contributed by atoms with Gasteiger partial charge in [0.2, 0.25) is 0 Å². The van der Waals surface area contributed by atoms with E-state index in [-0.39, 0.29) is 0 Å². The smallest absolute Gasteiger partial charge is 0.127 e. The van der Waals surface area contributed by atoms with Crippen LogP contribution < -0.4 is 9.47 Å². The highest BCUT2D eigenvalue weighted by molar-refractivity contribution is 9.10. The summed E-state index contributed by atoms with van der Waals surface area (Å²) in [5.74, 6) is 1.67. The third-order valence-electron chi connectivity index (χ3n) is 4.15. The molecule has 0 bridgehead atoms. The number of pyridine rings is 1. The molecule has 1 aliphatic heterocycles. The zero-order valence-corrected chi connectivity index (χ0v) is 14.6. The van der Waals surface area contributed by atoms with Gasteiger partial charge in [-0.05, 0) is 40.5 Å². The van der Waals surface area contributed by atoms with Gasteiger partial charge < -0.3 is 9.47 Å². The van der Waals surface area contributed by atoms with E-state index < -0.39 is 0 Å². The maximum atomic E-state index is 5.50. The number of halogens is 1. The van der Waals surface area contributed by atoms with E-state index in [0.29, 0.717) is 6.04 Å². The third kappa shape index (κ3) is 2.83. The number of hydrogen-bond donors (Lipinski definition) is 0. The Hall–Kier alpha value is -1.59. The fourth-order valence-electron chi connectivity index (χ4n) is 2.92. The molecular formula is C17H19BrN2O2. The average Bonchev–Trinajstić information content (AvgIpc) is 2.83. The lowest BCUT2D eigenvalue weighted by atomic mass is 10.1. The van der Waals surface area contributed by atoms with E-state index in [0.717, 1.165) is 40.3 Å². The molecule has 0 saturated carbocycles. The molecule has 116 valence electrons. The van der Waals surface area contributed by atoms with Gasteiger partial charge in [0, 0.05) is 35.4 Å². The Morgan fingerprint density at radius 2 is 2.09 bits per heavy atom. The Morgan fingerprint density at radius 1 is 1.27 bits per heavy atom. The van der Waals surface area contributed by atoms with Crippen molar-refractivity contribution in [3.63, 3.8) is 0 Å². The fourth-order valence-corrected chi connectivity index (χ4v) is 3.30. The molecule has 0 radical (unpaired) electrons. The quantitative estimate of drug-likeness (QED) is 0.824. The number of methoxy groups -OCH3 is 2. The van der Waals surface area contributed by atoms with Crippen molar-refractivity contribution in [1.29, 1.82) is 0 Å². The molecule has 0 aliphatic carbocycles. The lowest BCUT2D eigenvalue weighted by Crippen LogP contribution is -2.20. The maximum absolute atomic E-state index is 5.50. The van der Waals surface area contributed by atoms with Gasteiger partial charge in [0.25, 0.3) is 0 Å². The highest BCUT2D eigenvalue weighted by atomic mass is 79.9. The molecule has 5 heteroatoms. The van der Waals surface area contributed by atoms with Crippen LogP contribution in [-0.2, 0) is 13.1 Å². The summed E-state index contributed by atoms with van der Waals surface area (Å²) < 4.78 is 11.8. The molecule has 1 atom stereocenters. The van der Waals surface area contributed by atoms with Gasteiger partial charge in [0.05, 0.1) is 26.0 Å². The minimum atomic E-state index is 0.301. The highest BCUT2D eigenvalue weighted by Crippen LogP contribution is 2.36. The van der Waals surface area contributed by atoms with Crippen LogP contribution in [0.25, 0.3) is 0 Å². The van der Waals surface area contributed by atoms with Crippen molar-refractivity contribution in [1.82, 2.24) is 9.88 Å². The summed E-state index contributed by atoms with van der Waals surface area (Å²) in [6.45, 7) is 3.92. The number of benzene rings is 1. The monoisotopic (exact) mass is 362 g/mol. The molecule has 0 saturated heterocycles. The van der Waals surface area contributed by atoms with Crippen LogP contribution in [0.2, 0.25) is 0 Å². The SMILES string of the molecule is COc1ccc(CN2Cc3cc(Br)cnc3C2C)c(OC)c1. The topological polar surface area (TPSA) is 34.6 Å². The number of aromatic nitrogens is 1. The van der Waals surface area contributed by atoms with Gasteiger partial charge in [-0.2, -0.15) is 0 Å². The minimum Gasteiger partial charge on any atom is -0.497 e. The summed E-state index contributed by atoms with van der Waals surface area (Å²) in [4.78, 5) is 6.96. The molecule has 0 amide bonds. The number of fused-ring (bicyclic) bond motifs is 1. The second kappa shape index (κ2) is 6.26. The first-order chi connectivity index (χ1) is 10.6. The van der Waals surface area contributed by atoms with Crippen LogP contribution in [0.3, 0.4) is 0 Å². The van der Waals surface area contributed by atoms with Gasteiger partial charge in [-0.3, -0.25) is 9.88 Å². The minimum absolute atomic E-state index is 0.301. The summed E-state index contributed by atoms with van der Waals surface area (Å²) in [6, 6.07) is 8.43. The number of ether oxygens (including phenoxy) is 2. The van der Waals surface area contributed by atoms with E-state index in [2.05, 4.69) is 44.9 Å². The van der Waals surface area contributed by atoms with Crippen LogP contribution in [0.15, 0.2) is 34.9 Å². The normalized spacial score (nSPS) is 17.4. The van der Waals surface area contributed by atoms with Gasteiger partial charge in [-0.15, -0.1) is 0 Å². The zero-order chi connectivity index (χ0) is 15.7. The molecule has 0 spiro atoms. The van der Waals surface area contributed by atoms with E-state index in [1.807, 2.05) is 18.3 Å². The Bertz CT molecular complexity index is 690. The molecule has 0 fully saturated rings. The third-order valence-corrected chi connectivity index (χ3v) is 4.59. The molecule has 1 aromatic carbocycles. The first kappa shape index (κ1) is 15.3. The van der Waals surface area contributed by atoms with Gasteiger partial charge in [0.15, 0.2) is 0 Å². The Balaban J connectivity index is 1.83. The van der Waals surface area contributed by atoms with Crippen molar-refractivity contribution < 1.29 is 9.47 Å². The number of hydrogen-bond acceptors (Lipinski definition) is 4. The van der Waals surface area contributed by atoms with Crippen molar-refractivity contribution in [2.75, 3.05) is 14.2 Å². The second-order valence-corrected chi connectivity index (χ2v) is 6.37. The first-order valence-electron chi connectivity index (χ1n) is 7.21. The molecule has 3 rings (SSSR count). The van der Waals surface area contributed by atoms with Crippen molar-refractivity contribution in [3.8, 4) is 11.5 Å². The summed E-state index contributed by atoms with van der Waals surface area (Å²) in [6.07, 6.45) is 1.87. The Kier molecular flexibility index (Phi) is 4.36. The molecule has 1 aromatic heterocycles. The largest absolute Gasteiger partial charge is 0.497 e. The van der Waals surface area contributed by atoms with E-state index in [4.69, 9.17) is 9.47 Å². The first-order valence-corrected chi connectivity index (χ1v) is 8.01. The lowest BCUT2D eigenvalue weighted by molar-refractivity contribution is 0.215. The molecular weight excluding hydrogens is 344 g/mol. The van der Waals surface area contributed by atoms with Crippen molar-refractivity contribution in [2.45, 2.75) is 26.1 Å². The maximum Gasteiger partial charge on any atom is 0.127 e. The molecule has 1 unspecified atom stereocenters. The Labute approximate surface area is 139 Å². The van der Waals surface area contributed by atoms with Crippen LogP contribution in [-0.4, -0.2) is 24.1 Å². The highest BCUT2D eigenvalue weighted by Gasteiger charge is 2.28. The van der Waals surface area contributed by atoms with Gasteiger partial charge >= 0.3 is 0 Å². The van der Waals surface area contributed by atoms with E-state index in [1.54, 1.807) is 14.2 Å². The predicted molar refractivity (Wildman–Crippen MR) is 89.1 cm³/mol.